The van der Waals surface area contributed by atoms with Crippen molar-refractivity contribution in [1.82, 2.24) is 5.32 Å². The Morgan fingerprint density at radius 2 is 1.84 bits per heavy atom. The number of amides is 1. The van der Waals surface area contributed by atoms with Crippen LogP contribution in [0.2, 0.25) is 5.02 Å². The van der Waals surface area contributed by atoms with Crippen LogP contribution in [0.25, 0.3) is 0 Å². The van der Waals surface area contributed by atoms with Crippen molar-refractivity contribution in [2.75, 3.05) is 14.2 Å². The van der Waals surface area contributed by atoms with E-state index in [4.69, 9.17) is 21.1 Å². The van der Waals surface area contributed by atoms with Gasteiger partial charge in [0.2, 0.25) is 5.91 Å². The average Bonchev–Trinajstić information content (AvgIpc) is 2.77. The third-order valence-corrected chi connectivity index (χ3v) is 6.30. The van der Waals surface area contributed by atoms with E-state index in [0.717, 1.165) is 5.56 Å². The van der Waals surface area contributed by atoms with E-state index >= 15 is 0 Å². The summed E-state index contributed by atoms with van der Waals surface area (Å²) < 4.78 is 10.8. The normalized spacial score (nSPS) is 20.5. The number of ketones is 1. The molecule has 8 nitrogen and oxygen atoms in total. The molecule has 1 aliphatic heterocycles. The highest BCUT2D eigenvalue weighted by atomic mass is 35.5. The van der Waals surface area contributed by atoms with Gasteiger partial charge in [-0.3, -0.25) is 19.7 Å². The Hall–Kier alpha value is -3.39. The molecule has 1 amide bonds. The summed E-state index contributed by atoms with van der Waals surface area (Å²) in [5.41, 5.74) is 2.15. The Labute approximate surface area is 189 Å². The number of Topliss-reactive ketones (excluding diaryl/α,β-unsaturated/α-hetero) is 1. The number of rotatable bonds is 5. The maximum Gasteiger partial charge on any atom is 0.288 e. The number of allylic oxidation sites excluding steroid dienone is 2. The standard InChI is InChI=1S/C23H21ClN2O6/c1-31-14-4-6-21(32-2)15(10-14)13-7-18-23(20(27)9-13)16(11-22(28)25-18)12-3-5-17(24)19(8-12)26(29)30/h3-6,8,10,13,16H,7,9,11H2,1-2H3,(H,25,28). The van der Waals surface area contributed by atoms with Crippen LogP contribution in [0.3, 0.4) is 0 Å². The molecule has 0 fully saturated rings. The number of carbonyl (C=O) groups excluding carboxylic acids is 2. The molecule has 2 aromatic carbocycles. The lowest BCUT2D eigenvalue weighted by Crippen LogP contribution is -2.38. The summed E-state index contributed by atoms with van der Waals surface area (Å²) in [4.78, 5) is 36.6. The van der Waals surface area contributed by atoms with Gasteiger partial charge < -0.3 is 14.8 Å². The first-order chi connectivity index (χ1) is 15.3. The maximum atomic E-state index is 13.3. The van der Waals surface area contributed by atoms with Crippen LogP contribution >= 0.6 is 11.6 Å². The molecule has 2 aliphatic rings. The van der Waals surface area contributed by atoms with Crippen molar-refractivity contribution in [3.8, 4) is 11.5 Å². The van der Waals surface area contributed by atoms with Crippen LogP contribution in [0.1, 0.15) is 42.2 Å². The molecule has 32 heavy (non-hydrogen) atoms. The number of nitrogens with one attached hydrogen (secondary N) is 1. The Morgan fingerprint density at radius 3 is 2.53 bits per heavy atom. The minimum atomic E-state index is -0.572. The van der Waals surface area contributed by atoms with Crippen LogP contribution in [0.5, 0.6) is 11.5 Å². The van der Waals surface area contributed by atoms with E-state index in [1.165, 1.54) is 12.1 Å². The summed E-state index contributed by atoms with van der Waals surface area (Å²) in [6, 6.07) is 9.82. The first-order valence-corrected chi connectivity index (χ1v) is 10.4. The molecule has 0 radical (unpaired) electrons. The molecular formula is C23H21ClN2O6. The topological polar surface area (TPSA) is 108 Å². The van der Waals surface area contributed by atoms with Gasteiger partial charge in [0.25, 0.3) is 5.69 Å². The molecule has 0 aromatic heterocycles. The zero-order valence-electron chi connectivity index (χ0n) is 17.5. The lowest BCUT2D eigenvalue weighted by atomic mass is 9.73. The summed E-state index contributed by atoms with van der Waals surface area (Å²) >= 11 is 5.94. The Kier molecular flexibility index (Phi) is 5.88. The van der Waals surface area contributed by atoms with Gasteiger partial charge in [-0.05, 0) is 36.2 Å². The van der Waals surface area contributed by atoms with Gasteiger partial charge in [0, 0.05) is 47.6 Å². The van der Waals surface area contributed by atoms with Crippen molar-refractivity contribution < 1.29 is 24.0 Å². The number of ether oxygens (including phenoxy) is 2. The number of halogens is 1. The molecule has 0 spiro atoms. The molecular weight excluding hydrogens is 436 g/mol. The highest BCUT2D eigenvalue weighted by molar-refractivity contribution is 6.32. The number of nitro groups is 1. The largest absolute Gasteiger partial charge is 0.497 e. The zero-order chi connectivity index (χ0) is 23.0. The summed E-state index contributed by atoms with van der Waals surface area (Å²) in [7, 11) is 3.13. The minimum absolute atomic E-state index is 0.00775. The van der Waals surface area contributed by atoms with Crippen molar-refractivity contribution in [2.45, 2.75) is 31.1 Å². The van der Waals surface area contributed by atoms with Crippen molar-refractivity contribution in [1.29, 1.82) is 0 Å². The number of carbonyl (C=O) groups is 2. The van der Waals surface area contributed by atoms with Crippen molar-refractivity contribution >= 4 is 29.0 Å². The van der Waals surface area contributed by atoms with Gasteiger partial charge in [0.05, 0.1) is 19.1 Å². The lowest BCUT2D eigenvalue weighted by molar-refractivity contribution is -0.384. The summed E-state index contributed by atoms with van der Waals surface area (Å²) in [5, 5.41) is 14.2. The third kappa shape index (κ3) is 3.93. The fourth-order valence-corrected chi connectivity index (χ4v) is 4.70. The number of nitro benzene ring substituents is 1. The van der Waals surface area contributed by atoms with E-state index in [-0.39, 0.29) is 41.2 Å². The van der Waals surface area contributed by atoms with Gasteiger partial charge in [0.1, 0.15) is 16.5 Å². The van der Waals surface area contributed by atoms with Crippen molar-refractivity contribution in [3.63, 3.8) is 0 Å². The Bertz CT molecular complexity index is 1160. The van der Waals surface area contributed by atoms with Gasteiger partial charge in [-0.2, -0.15) is 0 Å². The minimum Gasteiger partial charge on any atom is -0.497 e. The molecule has 2 unspecified atom stereocenters. The van der Waals surface area contributed by atoms with E-state index in [2.05, 4.69) is 5.32 Å². The van der Waals surface area contributed by atoms with Gasteiger partial charge in [0.15, 0.2) is 5.78 Å². The van der Waals surface area contributed by atoms with E-state index in [0.29, 0.717) is 34.8 Å². The molecule has 1 aliphatic carbocycles. The van der Waals surface area contributed by atoms with E-state index in [9.17, 15) is 19.7 Å². The number of hydrogen-bond donors (Lipinski definition) is 1. The van der Waals surface area contributed by atoms with E-state index < -0.39 is 10.8 Å². The smallest absolute Gasteiger partial charge is 0.288 e. The second-order valence-electron chi connectivity index (χ2n) is 7.80. The monoisotopic (exact) mass is 456 g/mol. The second kappa shape index (κ2) is 8.63. The first kappa shape index (κ1) is 21.8. The van der Waals surface area contributed by atoms with Crippen LogP contribution in [0.4, 0.5) is 5.69 Å². The van der Waals surface area contributed by atoms with Crippen molar-refractivity contribution in [3.05, 3.63) is 73.9 Å². The van der Waals surface area contributed by atoms with Gasteiger partial charge in [-0.1, -0.05) is 17.7 Å². The van der Waals surface area contributed by atoms with Crippen LogP contribution in [0, 0.1) is 10.1 Å². The number of benzene rings is 2. The Morgan fingerprint density at radius 1 is 1.06 bits per heavy atom. The molecule has 0 saturated heterocycles. The van der Waals surface area contributed by atoms with E-state index in [1.54, 1.807) is 32.4 Å². The Balaban J connectivity index is 1.75. The summed E-state index contributed by atoms with van der Waals surface area (Å²) in [6.45, 7) is 0. The SMILES string of the molecule is COc1ccc(OC)c(C2CC(=O)C3=C(C2)NC(=O)CC3c2ccc(Cl)c([N+](=O)[O-])c2)c1. The quantitative estimate of drug-likeness (QED) is 0.531. The molecule has 0 bridgehead atoms. The highest BCUT2D eigenvalue weighted by Crippen LogP contribution is 2.45. The molecule has 1 N–H and O–H groups in total. The fourth-order valence-electron chi connectivity index (χ4n) is 4.51. The first-order valence-electron chi connectivity index (χ1n) is 10.0. The predicted octanol–water partition coefficient (Wildman–Crippen LogP) is 4.27. The average molecular weight is 457 g/mol. The number of nitrogens with zero attached hydrogens (tertiary/aromatic N) is 1. The predicted molar refractivity (Wildman–Crippen MR) is 117 cm³/mol. The maximum absolute atomic E-state index is 13.3. The van der Waals surface area contributed by atoms with E-state index in [1.807, 2.05) is 6.07 Å². The van der Waals surface area contributed by atoms with Crippen molar-refractivity contribution in [2.24, 2.45) is 0 Å². The van der Waals surface area contributed by atoms with Crippen LogP contribution in [-0.2, 0) is 9.59 Å². The third-order valence-electron chi connectivity index (χ3n) is 5.98. The lowest BCUT2D eigenvalue weighted by Gasteiger charge is -2.34. The number of methoxy groups -OCH3 is 2. The van der Waals surface area contributed by atoms with Gasteiger partial charge in [-0.15, -0.1) is 0 Å². The van der Waals surface area contributed by atoms with Gasteiger partial charge in [-0.25, -0.2) is 0 Å². The molecule has 1 heterocycles. The fraction of sp³-hybridized carbons (Fsp3) is 0.304. The molecule has 2 atom stereocenters. The second-order valence-corrected chi connectivity index (χ2v) is 8.21. The van der Waals surface area contributed by atoms with Gasteiger partial charge >= 0.3 is 0 Å². The summed E-state index contributed by atoms with van der Waals surface area (Å²) in [5.74, 6) is 0.174. The number of hydrogen-bond acceptors (Lipinski definition) is 6. The molecule has 0 saturated carbocycles. The highest BCUT2D eigenvalue weighted by Gasteiger charge is 2.39. The molecule has 9 heteroatoms. The zero-order valence-corrected chi connectivity index (χ0v) is 18.3. The molecule has 4 rings (SSSR count). The van der Waals surface area contributed by atoms with Crippen LogP contribution < -0.4 is 14.8 Å². The molecule has 2 aromatic rings. The van der Waals surface area contributed by atoms with Crippen LogP contribution in [-0.4, -0.2) is 30.8 Å². The summed E-state index contributed by atoms with van der Waals surface area (Å²) in [6.07, 6.45) is 0.698. The van der Waals surface area contributed by atoms with Crippen LogP contribution in [0.15, 0.2) is 47.7 Å². The molecule has 166 valence electrons.